The highest BCUT2D eigenvalue weighted by Gasteiger charge is 2.60. The molecule has 0 spiro atoms. The molecule has 0 unspecified atom stereocenters. The number of hydrogen-bond acceptors (Lipinski definition) is 2. The van der Waals surface area contributed by atoms with Crippen LogP contribution >= 0.6 is 0 Å². The Morgan fingerprint density at radius 3 is 2.61 bits per heavy atom. The highest BCUT2D eigenvalue weighted by Crippen LogP contribution is 2.59. The predicted molar refractivity (Wildman–Crippen MR) is 85.1 cm³/mol. The van der Waals surface area contributed by atoms with Gasteiger partial charge in [-0.3, -0.25) is 4.79 Å². The third-order valence-electron chi connectivity index (χ3n) is 4.35. The molecular weight excluding hydrogens is 300 g/mol. The fraction of sp³-hybridized carbons (Fsp3) is 0.500. The van der Waals surface area contributed by atoms with Gasteiger partial charge in [0, 0.05) is 12.1 Å². The molecule has 1 aromatic carbocycles. The molecule has 0 aliphatic heterocycles. The van der Waals surface area contributed by atoms with Gasteiger partial charge in [0.25, 0.3) is 0 Å². The maximum absolute atomic E-state index is 12.4. The molecule has 1 saturated carbocycles. The van der Waals surface area contributed by atoms with Crippen LogP contribution in [0.3, 0.4) is 0 Å². The van der Waals surface area contributed by atoms with Crippen LogP contribution in [0.1, 0.15) is 33.3 Å². The second-order valence-electron chi connectivity index (χ2n) is 6.77. The lowest BCUT2D eigenvalue weighted by molar-refractivity contribution is -0.123. The van der Waals surface area contributed by atoms with Crippen molar-refractivity contribution in [1.82, 2.24) is 5.32 Å². The van der Waals surface area contributed by atoms with Gasteiger partial charge in [-0.05, 0) is 31.2 Å². The molecule has 2 atom stereocenters. The van der Waals surface area contributed by atoms with E-state index >= 15 is 0 Å². The van der Waals surface area contributed by atoms with Crippen LogP contribution in [0, 0.1) is 17.3 Å². The normalized spacial score (nSPS) is 21.7. The summed E-state index contributed by atoms with van der Waals surface area (Å²) in [6.07, 6.45) is 2.12. The summed E-state index contributed by atoms with van der Waals surface area (Å²) in [7, 11) is 0. The van der Waals surface area contributed by atoms with Crippen molar-refractivity contribution in [2.75, 3.05) is 0 Å². The molecular formula is C18H23F2NO2. The molecule has 2 rings (SSSR count). The standard InChI is InChI=1S/C18H23F2NO2/c1-11(2)9-13-15(18(13,3)4)16(22)21-10-12-7-5-6-8-14(12)23-17(19)20/h5-9,13,15,17H,10H2,1-4H3,(H,21,22)/t13-,15-/m1/s1. The van der Waals surface area contributed by atoms with Crippen molar-refractivity contribution in [2.45, 2.75) is 40.9 Å². The van der Waals surface area contributed by atoms with Crippen molar-refractivity contribution < 1.29 is 18.3 Å². The lowest BCUT2D eigenvalue weighted by Gasteiger charge is -2.11. The molecule has 126 valence electrons. The number of benzene rings is 1. The van der Waals surface area contributed by atoms with Crippen LogP contribution in [0.2, 0.25) is 0 Å². The number of alkyl halides is 2. The Balaban J connectivity index is 2.00. The van der Waals surface area contributed by atoms with Crippen molar-refractivity contribution in [1.29, 1.82) is 0 Å². The molecule has 0 bridgehead atoms. The monoisotopic (exact) mass is 323 g/mol. The number of amides is 1. The summed E-state index contributed by atoms with van der Waals surface area (Å²) in [6, 6.07) is 6.50. The highest BCUT2D eigenvalue weighted by molar-refractivity contribution is 5.83. The largest absolute Gasteiger partial charge is 0.434 e. The van der Waals surface area contributed by atoms with E-state index in [4.69, 9.17) is 0 Å². The van der Waals surface area contributed by atoms with E-state index in [1.165, 1.54) is 11.6 Å². The smallest absolute Gasteiger partial charge is 0.387 e. The summed E-state index contributed by atoms with van der Waals surface area (Å²) in [5.41, 5.74) is 1.66. The Hall–Kier alpha value is -1.91. The Morgan fingerprint density at radius 2 is 2.00 bits per heavy atom. The van der Waals surface area contributed by atoms with Crippen molar-refractivity contribution in [3.8, 4) is 5.75 Å². The first-order valence-corrected chi connectivity index (χ1v) is 7.69. The van der Waals surface area contributed by atoms with Gasteiger partial charge in [0.05, 0.1) is 5.92 Å². The minimum atomic E-state index is -2.88. The quantitative estimate of drug-likeness (QED) is 0.799. The van der Waals surface area contributed by atoms with Gasteiger partial charge >= 0.3 is 6.61 Å². The van der Waals surface area contributed by atoms with E-state index in [1.54, 1.807) is 18.2 Å². The summed E-state index contributed by atoms with van der Waals surface area (Å²) in [4.78, 5) is 12.4. The second-order valence-corrected chi connectivity index (χ2v) is 6.77. The predicted octanol–water partition coefficient (Wildman–Crippen LogP) is 4.14. The molecule has 1 aliphatic rings. The molecule has 1 N–H and O–H groups in total. The minimum Gasteiger partial charge on any atom is -0.434 e. The first-order valence-electron chi connectivity index (χ1n) is 7.69. The van der Waals surface area contributed by atoms with Crippen LogP contribution in [-0.2, 0) is 11.3 Å². The molecule has 23 heavy (non-hydrogen) atoms. The molecule has 1 aliphatic carbocycles. The zero-order valence-corrected chi connectivity index (χ0v) is 13.9. The topological polar surface area (TPSA) is 38.3 Å². The van der Waals surface area contributed by atoms with Crippen molar-refractivity contribution in [3.63, 3.8) is 0 Å². The number of carbonyl (C=O) groups excluding carboxylic acids is 1. The van der Waals surface area contributed by atoms with Crippen LogP contribution in [0.5, 0.6) is 5.75 Å². The molecule has 0 heterocycles. The lowest BCUT2D eigenvalue weighted by atomic mass is 10.1. The van der Waals surface area contributed by atoms with Gasteiger partial charge in [-0.1, -0.05) is 43.7 Å². The van der Waals surface area contributed by atoms with Gasteiger partial charge in [0.2, 0.25) is 5.91 Å². The maximum Gasteiger partial charge on any atom is 0.387 e. The number of rotatable bonds is 6. The molecule has 0 aromatic heterocycles. The van der Waals surface area contributed by atoms with Crippen LogP contribution < -0.4 is 10.1 Å². The molecule has 5 heteroatoms. The van der Waals surface area contributed by atoms with Crippen molar-refractivity contribution in [2.24, 2.45) is 17.3 Å². The van der Waals surface area contributed by atoms with Gasteiger partial charge in [-0.25, -0.2) is 0 Å². The average molecular weight is 323 g/mol. The fourth-order valence-corrected chi connectivity index (χ4v) is 3.00. The third kappa shape index (κ3) is 4.09. The fourth-order valence-electron chi connectivity index (χ4n) is 3.00. The van der Waals surface area contributed by atoms with Gasteiger partial charge in [-0.15, -0.1) is 0 Å². The number of hydrogen-bond donors (Lipinski definition) is 1. The van der Waals surface area contributed by atoms with E-state index in [0.717, 1.165) is 0 Å². The summed E-state index contributed by atoms with van der Waals surface area (Å²) >= 11 is 0. The maximum atomic E-state index is 12.4. The van der Waals surface area contributed by atoms with Gasteiger partial charge < -0.3 is 10.1 Å². The summed E-state index contributed by atoms with van der Waals surface area (Å²) in [6.45, 7) is 5.46. The third-order valence-corrected chi connectivity index (χ3v) is 4.35. The molecule has 0 saturated heterocycles. The number of para-hydroxylation sites is 1. The van der Waals surface area contributed by atoms with Crippen LogP contribution in [-0.4, -0.2) is 12.5 Å². The first kappa shape index (κ1) is 17.4. The zero-order valence-electron chi connectivity index (χ0n) is 13.9. The number of ether oxygens (including phenoxy) is 1. The minimum absolute atomic E-state index is 0.0515. The van der Waals surface area contributed by atoms with E-state index in [2.05, 4.69) is 30.0 Å². The first-order chi connectivity index (χ1) is 10.7. The van der Waals surface area contributed by atoms with Crippen LogP contribution in [0.4, 0.5) is 8.78 Å². The Kier molecular flexibility index (Phi) is 5.07. The van der Waals surface area contributed by atoms with E-state index in [9.17, 15) is 13.6 Å². The van der Waals surface area contributed by atoms with Gasteiger partial charge in [-0.2, -0.15) is 8.78 Å². The van der Waals surface area contributed by atoms with Crippen LogP contribution in [0.15, 0.2) is 35.9 Å². The van der Waals surface area contributed by atoms with Crippen molar-refractivity contribution in [3.05, 3.63) is 41.5 Å². The lowest BCUT2D eigenvalue weighted by Crippen LogP contribution is -2.26. The number of allylic oxidation sites excluding steroid dienone is 2. The SMILES string of the molecule is CC(C)=C[C@@H]1[C@H](C(=O)NCc2ccccc2OC(F)F)C1(C)C. The van der Waals surface area contributed by atoms with Crippen molar-refractivity contribution >= 4 is 5.91 Å². The number of carbonyl (C=O) groups is 1. The van der Waals surface area contributed by atoms with Gasteiger partial charge in [0.15, 0.2) is 0 Å². The molecule has 0 radical (unpaired) electrons. The van der Waals surface area contributed by atoms with E-state index in [0.29, 0.717) is 5.56 Å². The highest BCUT2D eigenvalue weighted by atomic mass is 19.3. The van der Waals surface area contributed by atoms with E-state index in [1.807, 2.05) is 13.8 Å². The summed E-state index contributed by atoms with van der Waals surface area (Å²) < 4.78 is 29.3. The second kappa shape index (κ2) is 6.69. The summed E-state index contributed by atoms with van der Waals surface area (Å²) in [5, 5.41) is 2.84. The molecule has 1 amide bonds. The molecule has 1 fully saturated rings. The Labute approximate surface area is 135 Å². The average Bonchev–Trinajstić information content (AvgIpc) is 2.97. The Bertz CT molecular complexity index is 607. The molecule has 3 nitrogen and oxygen atoms in total. The van der Waals surface area contributed by atoms with E-state index in [-0.39, 0.29) is 35.5 Å². The Morgan fingerprint density at radius 1 is 1.35 bits per heavy atom. The number of nitrogens with one attached hydrogen (secondary N) is 1. The molecule has 1 aromatic rings. The van der Waals surface area contributed by atoms with E-state index < -0.39 is 6.61 Å². The zero-order chi connectivity index (χ0) is 17.2. The van der Waals surface area contributed by atoms with Crippen LogP contribution in [0.25, 0.3) is 0 Å². The summed E-state index contributed by atoms with van der Waals surface area (Å²) in [5.74, 6) is 0.184. The van der Waals surface area contributed by atoms with Gasteiger partial charge in [0.1, 0.15) is 5.75 Å². The number of halogens is 2.